The van der Waals surface area contributed by atoms with Gasteiger partial charge in [-0.05, 0) is 37.1 Å². The SMILES string of the molecule is CNC(=O)Nc1ccc(-c2nc(N3CCOCC3)c3cnn(C4CCN(C(=O)NC)CC4)c3n2)cc1. The van der Waals surface area contributed by atoms with E-state index in [9.17, 15) is 9.59 Å². The highest BCUT2D eigenvalue weighted by Crippen LogP contribution is 2.32. The fraction of sp³-hybridized carbons (Fsp3) is 0.458. The van der Waals surface area contributed by atoms with Crippen molar-refractivity contribution in [2.75, 3.05) is 63.7 Å². The molecule has 12 heteroatoms. The van der Waals surface area contributed by atoms with E-state index in [1.54, 1.807) is 14.1 Å². The Morgan fingerprint density at radius 1 is 0.972 bits per heavy atom. The molecule has 2 saturated heterocycles. The van der Waals surface area contributed by atoms with Crippen molar-refractivity contribution in [3.05, 3.63) is 30.5 Å². The summed E-state index contributed by atoms with van der Waals surface area (Å²) in [5.41, 5.74) is 2.31. The molecule has 0 radical (unpaired) electrons. The lowest BCUT2D eigenvalue weighted by Gasteiger charge is -2.32. The first-order chi connectivity index (χ1) is 17.6. The van der Waals surface area contributed by atoms with Gasteiger partial charge in [-0.2, -0.15) is 5.10 Å². The number of hydrogen-bond acceptors (Lipinski definition) is 7. The molecular weight excluding hydrogens is 462 g/mol. The number of nitrogens with zero attached hydrogens (tertiary/aromatic N) is 6. The van der Waals surface area contributed by atoms with E-state index in [0.717, 1.165) is 48.3 Å². The molecule has 2 fully saturated rings. The number of amides is 4. The zero-order chi connectivity index (χ0) is 25.1. The van der Waals surface area contributed by atoms with Crippen molar-refractivity contribution in [2.45, 2.75) is 18.9 Å². The topological polar surface area (TPSA) is 130 Å². The third kappa shape index (κ3) is 4.76. The highest BCUT2D eigenvalue weighted by Gasteiger charge is 2.27. The summed E-state index contributed by atoms with van der Waals surface area (Å²) in [5.74, 6) is 1.44. The van der Waals surface area contributed by atoms with Crippen molar-refractivity contribution in [1.29, 1.82) is 0 Å². The second-order valence-corrected chi connectivity index (χ2v) is 8.85. The summed E-state index contributed by atoms with van der Waals surface area (Å²) in [6.07, 6.45) is 3.46. The second kappa shape index (κ2) is 10.4. The van der Waals surface area contributed by atoms with Crippen LogP contribution in [0.3, 0.4) is 0 Å². The molecule has 0 unspecified atom stereocenters. The van der Waals surface area contributed by atoms with Crippen LogP contribution < -0.4 is 20.9 Å². The summed E-state index contributed by atoms with van der Waals surface area (Å²) in [6.45, 7) is 4.12. The molecule has 0 bridgehead atoms. The van der Waals surface area contributed by atoms with Gasteiger partial charge in [0.1, 0.15) is 5.82 Å². The van der Waals surface area contributed by atoms with Crippen molar-refractivity contribution in [3.63, 3.8) is 0 Å². The highest BCUT2D eigenvalue weighted by molar-refractivity contribution is 5.90. The molecule has 0 aliphatic carbocycles. The van der Waals surface area contributed by atoms with Crippen LogP contribution in [0, 0.1) is 0 Å². The second-order valence-electron chi connectivity index (χ2n) is 8.85. The number of hydrogen-bond donors (Lipinski definition) is 3. The zero-order valence-electron chi connectivity index (χ0n) is 20.5. The lowest BCUT2D eigenvalue weighted by molar-refractivity contribution is 0.122. The lowest BCUT2D eigenvalue weighted by Crippen LogP contribution is -2.43. The van der Waals surface area contributed by atoms with Gasteiger partial charge in [0, 0.05) is 51.5 Å². The Hall–Kier alpha value is -3.93. The highest BCUT2D eigenvalue weighted by atomic mass is 16.5. The van der Waals surface area contributed by atoms with E-state index in [0.29, 0.717) is 37.8 Å². The number of carbonyl (C=O) groups is 2. The van der Waals surface area contributed by atoms with Gasteiger partial charge in [0.15, 0.2) is 11.5 Å². The molecule has 1 aromatic carbocycles. The minimum atomic E-state index is -0.276. The quantitative estimate of drug-likeness (QED) is 0.507. The summed E-state index contributed by atoms with van der Waals surface area (Å²) in [7, 11) is 3.23. The predicted octanol–water partition coefficient (Wildman–Crippen LogP) is 2.06. The molecule has 0 atom stereocenters. The monoisotopic (exact) mass is 493 g/mol. The van der Waals surface area contributed by atoms with Gasteiger partial charge in [-0.1, -0.05) is 0 Å². The summed E-state index contributed by atoms with van der Waals surface area (Å²) in [4.78, 5) is 37.6. The van der Waals surface area contributed by atoms with Crippen LogP contribution >= 0.6 is 0 Å². The van der Waals surface area contributed by atoms with Crippen molar-refractivity contribution in [3.8, 4) is 11.4 Å². The number of rotatable bonds is 4. The van der Waals surface area contributed by atoms with E-state index in [1.165, 1.54) is 0 Å². The summed E-state index contributed by atoms with van der Waals surface area (Å²) in [5, 5.41) is 13.7. The first kappa shape index (κ1) is 23.8. The fourth-order valence-electron chi connectivity index (χ4n) is 4.69. The molecule has 4 amide bonds. The minimum Gasteiger partial charge on any atom is -0.378 e. The Bertz CT molecular complexity index is 1230. The van der Waals surface area contributed by atoms with Crippen LogP contribution in [-0.4, -0.2) is 90.2 Å². The lowest BCUT2D eigenvalue weighted by atomic mass is 10.1. The molecular formula is C24H31N9O3. The third-order valence-corrected chi connectivity index (χ3v) is 6.68. The van der Waals surface area contributed by atoms with Crippen molar-refractivity contribution >= 4 is 34.6 Å². The van der Waals surface area contributed by atoms with Crippen LogP contribution in [0.15, 0.2) is 30.5 Å². The van der Waals surface area contributed by atoms with E-state index in [2.05, 4.69) is 20.9 Å². The molecule has 5 rings (SSSR count). The Labute approximate surface area is 209 Å². The largest absolute Gasteiger partial charge is 0.378 e. The molecule has 3 aromatic rings. The van der Waals surface area contributed by atoms with Gasteiger partial charge in [-0.3, -0.25) is 0 Å². The molecule has 2 aromatic heterocycles. The number of likely N-dealkylation sites (tertiary alicyclic amines) is 1. The van der Waals surface area contributed by atoms with Crippen molar-refractivity contribution in [2.24, 2.45) is 0 Å². The molecule has 36 heavy (non-hydrogen) atoms. The number of morpholine rings is 1. The fourth-order valence-corrected chi connectivity index (χ4v) is 4.69. The normalized spacial score (nSPS) is 16.7. The Morgan fingerprint density at radius 2 is 1.69 bits per heavy atom. The number of urea groups is 2. The van der Waals surface area contributed by atoms with E-state index in [4.69, 9.17) is 19.8 Å². The van der Waals surface area contributed by atoms with Gasteiger partial charge < -0.3 is 30.5 Å². The predicted molar refractivity (Wildman–Crippen MR) is 136 cm³/mol. The van der Waals surface area contributed by atoms with Crippen LogP contribution in [-0.2, 0) is 4.74 Å². The van der Waals surface area contributed by atoms with Crippen LogP contribution in [0.4, 0.5) is 21.1 Å². The summed E-state index contributed by atoms with van der Waals surface area (Å²) < 4.78 is 7.55. The molecule has 12 nitrogen and oxygen atoms in total. The molecule has 2 aliphatic heterocycles. The number of benzene rings is 1. The van der Waals surface area contributed by atoms with Gasteiger partial charge in [-0.15, -0.1) is 0 Å². The van der Waals surface area contributed by atoms with Gasteiger partial charge in [0.25, 0.3) is 0 Å². The van der Waals surface area contributed by atoms with E-state index < -0.39 is 0 Å². The van der Waals surface area contributed by atoms with Crippen LogP contribution in [0.1, 0.15) is 18.9 Å². The molecule has 190 valence electrons. The van der Waals surface area contributed by atoms with Gasteiger partial charge >= 0.3 is 12.1 Å². The average molecular weight is 494 g/mol. The maximum atomic E-state index is 12.0. The number of piperidine rings is 1. The molecule has 4 heterocycles. The van der Waals surface area contributed by atoms with Crippen LogP contribution in [0.5, 0.6) is 0 Å². The summed E-state index contributed by atoms with van der Waals surface area (Å²) in [6, 6.07) is 7.28. The maximum absolute atomic E-state index is 12.0. The molecule has 3 N–H and O–H groups in total. The Morgan fingerprint density at radius 3 is 2.36 bits per heavy atom. The van der Waals surface area contributed by atoms with E-state index >= 15 is 0 Å². The number of anilines is 2. The van der Waals surface area contributed by atoms with Gasteiger partial charge in [-0.25, -0.2) is 24.2 Å². The van der Waals surface area contributed by atoms with E-state index in [1.807, 2.05) is 40.0 Å². The zero-order valence-corrected chi connectivity index (χ0v) is 20.5. The van der Waals surface area contributed by atoms with Crippen molar-refractivity contribution < 1.29 is 14.3 Å². The molecule has 0 spiro atoms. The van der Waals surface area contributed by atoms with Crippen LogP contribution in [0.25, 0.3) is 22.4 Å². The summed E-state index contributed by atoms with van der Waals surface area (Å²) >= 11 is 0. The molecule has 0 saturated carbocycles. The first-order valence-corrected chi connectivity index (χ1v) is 12.2. The Balaban J connectivity index is 1.50. The number of aromatic nitrogens is 4. The third-order valence-electron chi connectivity index (χ3n) is 6.68. The number of fused-ring (bicyclic) bond motifs is 1. The first-order valence-electron chi connectivity index (χ1n) is 12.2. The number of nitrogens with one attached hydrogen (secondary N) is 3. The minimum absolute atomic E-state index is 0.0488. The Kier molecular flexibility index (Phi) is 6.85. The number of carbonyl (C=O) groups excluding carboxylic acids is 2. The van der Waals surface area contributed by atoms with Crippen molar-refractivity contribution in [1.82, 2.24) is 35.3 Å². The smallest absolute Gasteiger partial charge is 0.318 e. The van der Waals surface area contributed by atoms with E-state index in [-0.39, 0.29) is 18.1 Å². The van der Waals surface area contributed by atoms with Gasteiger partial charge in [0.2, 0.25) is 0 Å². The maximum Gasteiger partial charge on any atom is 0.318 e. The molecule has 2 aliphatic rings. The van der Waals surface area contributed by atoms with Crippen LogP contribution in [0.2, 0.25) is 0 Å². The average Bonchev–Trinajstić information content (AvgIpc) is 3.37. The number of ether oxygens (including phenoxy) is 1. The standard InChI is InChI=1S/C24H31N9O3/c1-25-23(34)28-17-5-3-16(4-6-17)20-29-21(31-11-13-36-14-12-31)19-15-27-33(22(19)30-20)18-7-9-32(10-8-18)24(35)26-2/h3-6,15,18H,7-14H2,1-2H3,(H,26,35)(H2,25,28,34). The van der Waals surface area contributed by atoms with Gasteiger partial charge in [0.05, 0.1) is 30.8 Å².